The van der Waals surface area contributed by atoms with Crippen molar-refractivity contribution < 1.29 is 9.59 Å². The number of nitrogens with one attached hydrogen (secondary N) is 2. The minimum absolute atomic E-state index is 0.0648. The van der Waals surface area contributed by atoms with Crippen molar-refractivity contribution in [2.24, 2.45) is 11.1 Å². The Morgan fingerprint density at radius 2 is 1.63 bits per heavy atom. The summed E-state index contributed by atoms with van der Waals surface area (Å²) >= 11 is 0. The van der Waals surface area contributed by atoms with Gasteiger partial charge in [0.2, 0.25) is 11.8 Å². The summed E-state index contributed by atoms with van der Waals surface area (Å²) in [6.45, 7) is 11.7. The lowest BCUT2D eigenvalue weighted by Crippen LogP contribution is -2.47. The van der Waals surface area contributed by atoms with Crippen molar-refractivity contribution in [2.45, 2.75) is 72.5 Å². The zero-order valence-corrected chi connectivity index (χ0v) is 13.0. The number of nitrogens with two attached hydrogens (primary N) is 1. The van der Waals surface area contributed by atoms with Gasteiger partial charge in [0.1, 0.15) is 6.04 Å². The van der Waals surface area contributed by atoms with Gasteiger partial charge in [-0.3, -0.25) is 9.59 Å². The number of carbonyl (C=O) groups is 2. The molecular weight excluding hydrogens is 242 g/mol. The minimum atomic E-state index is -0.531. The molecule has 0 aromatic heterocycles. The molecule has 5 heteroatoms. The Morgan fingerprint density at radius 1 is 1.11 bits per heavy atom. The maximum absolute atomic E-state index is 11.8. The second kappa shape index (κ2) is 7.48. The molecule has 2 unspecified atom stereocenters. The molecule has 0 aromatic rings. The van der Waals surface area contributed by atoms with Crippen molar-refractivity contribution in [3.63, 3.8) is 0 Å². The molecule has 0 fully saturated rings. The van der Waals surface area contributed by atoms with Crippen molar-refractivity contribution in [3.8, 4) is 0 Å². The van der Waals surface area contributed by atoms with Crippen molar-refractivity contribution in [1.29, 1.82) is 0 Å². The van der Waals surface area contributed by atoms with Crippen molar-refractivity contribution >= 4 is 11.8 Å². The van der Waals surface area contributed by atoms with Crippen LogP contribution >= 0.6 is 0 Å². The fourth-order valence-corrected chi connectivity index (χ4v) is 1.87. The maximum Gasteiger partial charge on any atom is 0.242 e. The number of carbonyl (C=O) groups excluding carboxylic acids is 2. The highest BCUT2D eigenvalue weighted by atomic mass is 16.2. The summed E-state index contributed by atoms with van der Waals surface area (Å²) in [6, 6.07) is -0.646. The van der Waals surface area contributed by atoms with Crippen molar-refractivity contribution in [1.82, 2.24) is 10.6 Å². The zero-order valence-electron chi connectivity index (χ0n) is 13.0. The minimum Gasteiger partial charge on any atom is -0.352 e. The molecule has 0 radical (unpaired) electrons. The average Bonchev–Trinajstić information content (AvgIpc) is 2.11. The van der Waals surface area contributed by atoms with Gasteiger partial charge >= 0.3 is 0 Å². The van der Waals surface area contributed by atoms with Gasteiger partial charge in [-0.2, -0.15) is 0 Å². The van der Waals surface area contributed by atoms with Crippen molar-refractivity contribution in [3.05, 3.63) is 0 Å². The standard InChI is InChI=1S/C14H29N3O2/c1-9(2)16-13(19)10(3)17-12(18)7-11(15)8-14(4,5)6/h9-11H,7-8,15H2,1-6H3,(H,16,19)(H,17,18). The van der Waals surface area contributed by atoms with Crippen LogP contribution in [0.2, 0.25) is 0 Å². The summed E-state index contributed by atoms with van der Waals surface area (Å²) in [7, 11) is 0. The van der Waals surface area contributed by atoms with Crippen LogP contribution in [0, 0.1) is 5.41 Å². The van der Waals surface area contributed by atoms with E-state index in [0.29, 0.717) is 0 Å². The van der Waals surface area contributed by atoms with Crippen LogP contribution < -0.4 is 16.4 Å². The van der Waals surface area contributed by atoms with Crippen LogP contribution in [0.25, 0.3) is 0 Å². The van der Waals surface area contributed by atoms with Crippen LogP contribution in [0.3, 0.4) is 0 Å². The Labute approximate surface area is 116 Å². The van der Waals surface area contributed by atoms with Gasteiger partial charge in [0, 0.05) is 18.5 Å². The number of amides is 2. The van der Waals surface area contributed by atoms with Gasteiger partial charge in [0.25, 0.3) is 0 Å². The van der Waals surface area contributed by atoms with E-state index in [1.54, 1.807) is 6.92 Å². The van der Waals surface area contributed by atoms with Gasteiger partial charge in [0.15, 0.2) is 0 Å². The lowest BCUT2D eigenvalue weighted by Gasteiger charge is -2.23. The summed E-state index contributed by atoms with van der Waals surface area (Å²) in [5.41, 5.74) is 6.03. The predicted octanol–water partition coefficient (Wildman–Crippen LogP) is 1.17. The third-order valence-corrected chi connectivity index (χ3v) is 2.52. The van der Waals surface area contributed by atoms with Crippen molar-refractivity contribution in [2.75, 3.05) is 0 Å². The Balaban J connectivity index is 4.13. The second-order valence-electron chi connectivity index (χ2n) is 6.68. The number of hydrogen-bond donors (Lipinski definition) is 3. The Hall–Kier alpha value is -1.10. The van der Waals surface area contributed by atoms with E-state index in [-0.39, 0.29) is 35.7 Å². The third-order valence-electron chi connectivity index (χ3n) is 2.52. The van der Waals surface area contributed by atoms with E-state index >= 15 is 0 Å². The Kier molecular flexibility index (Phi) is 7.05. The van der Waals surface area contributed by atoms with Gasteiger partial charge in [0.05, 0.1) is 0 Å². The molecule has 0 aliphatic heterocycles. The summed E-state index contributed by atoms with van der Waals surface area (Å²) in [5.74, 6) is -0.351. The molecule has 0 heterocycles. The van der Waals surface area contributed by atoms with E-state index in [1.807, 2.05) is 13.8 Å². The zero-order chi connectivity index (χ0) is 15.2. The third kappa shape index (κ3) is 9.47. The van der Waals surface area contributed by atoms with E-state index in [0.717, 1.165) is 6.42 Å². The molecule has 0 aromatic carbocycles. The molecular formula is C14H29N3O2. The number of hydrogen-bond acceptors (Lipinski definition) is 3. The lowest BCUT2D eigenvalue weighted by molar-refractivity contribution is -0.129. The molecule has 0 saturated heterocycles. The van der Waals surface area contributed by atoms with E-state index in [2.05, 4.69) is 31.4 Å². The van der Waals surface area contributed by atoms with Crippen LogP contribution in [-0.2, 0) is 9.59 Å². The molecule has 112 valence electrons. The van der Waals surface area contributed by atoms with Crippen LogP contribution in [0.1, 0.15) is 54.4 Å². The van der Waals surface area contributed by atoms with Gasteiger partial charge in [-0.15, -0.1) is 0 Å². The summed E-state index contributed by atoms with van der Waals surface area (Å²) in [5, 5.41) is 5.43. The quantitative estimate of drug-likeness (QED) is 0.678. The van der Waals surface area contributed by atoms with E-state index < -0.39 is 6.04 Å². The van der Waals surface area contributed by atoms with Crippen LogP contribution in [-0.4, -0.2) is 29.9 Å². The first-order valence-corrected chi connectivity index (χ1v) is 6.86. The average molecular weight is 271 g/mol. The summed E-state index contributed by atoms with van der Waals surface area (Å²) in [6.07, 6.45) is 1.02. The largest absolute Gasteiger partial charge is 0.352 e. The monoisotopic (exact) mass is 271 g/mol. The van der Waals surface area contributed by atoms with E-state index in [9.17, 15) is 9.59 Å². The highest BCUT2D eigenvalue weighted by molar-refractivity contribution is 5.87. The van der Waals surface area contributed by atoms with Gasteiger partial charge < -0.3 is 16.4 Å². The first kappa shape index (κ1) is 17.9. The SMILES string of the molecule is CC(C)NC(=O)C(C)NC(=O)CC(N)CC(C)(C)C. The summed E-state index contributed by atoms with van der Waals surface area (Å²) < 4.78 is 0. The highest BCUT2D eigenvalue weighted by Crippen LogP contribution is 2.20. The molecule has 0 aliphatic carbocycles. The van der Waals surface area contributed by atoms with E-state index in [1.165, 1.54) is 0 Å². The van der Waals surface area contributed by atoms with Gasteiger partial charge in [-0.1, -0.05) is 20.8 Å². The van der Waals surface area contributed by atoms with Gasteiger partial charge in [-0.25, -0.2) is 0 Å². The molecule has 0 spiro atoms. The van der Waals surface area contributed by atoms with Crippen LogP contribution in [0.15, 0.2) is 0 Å². The van der Waals surface area contributed by atoms with Crippen LogP contribution in [0.4, 0.5) is 0 Å². The highest BCUT2D eigenvalue weighted by Gasteiger charge is 2.20. The molecule has 2 amide bonds. The van der Waals surface area contributed by atoms with Crippen LogP contribution in [0.5, 0.6) is 0 Å². The molecule has 2 atom stereocenters. The number of rotatable bonds is 6. The Morgan fingerprint density at radius 3 is 2.05 bits per heavy atom. The first-order chi connectivity index (χ1) is 8.51. The fourth-order valence-electron chi connectivity index (χ4n) is 1.87. The smallest absolute Gasteiger partial charge is 0.242 e. The molecule has 4 N–H and O–H groups in total. The lowest BCUT2D eigenvalue weighted by atomic mass is 9.87. The molecule has 0 saturated carbocycles. The summed E-state index contributed by atoms with van der Waals surface area (Å²) in [4.78, 5) is 23.4. The first-order valence-electron chi connectivity index (χ1n) is 6.86. The van der Waals surface area contributed by atoms with Gasteiger partial charge in [-0.05, 0) is 32.6 Å². The fraction of sp³-hybridized carbons (Fsp3) is 0.857. The second-order valence-corrected chi connectivity index (χ2v) is 6.68. The molecule has 19 heavy (non-hydrogen) atoms. The van der Waals surface area contributed by atoms with E-state index in [4.69, 9.17) is 5.73 Å². The molecule has 0 aliphatic rings. The molecule has 0 rings (SSSR count). The predicted molar refractivity (Wildman–Crippen MR) is 77.5 cm³/mol. The maximum atomic E-state index is 11.8. The normalized spacial score (nSPS) is 14.9. The molecule has 0 bridgehead atoms. The Bertz CT molecular complexity index is 308. The topological polar surface area (TPSA) is 84.2 Å². The molecule has 5 nitrogen and oxygen atoms in total.